The van der Waals surface area contributed by atoms with Crippen molar-refractivity contribution in [2.24, 2.45) is 23.2 Å². The van der Waals surface area contributed by atoms with E-state index in [1.54, 1.807) is 10.8 Å². The topological polar surface area (TPSA) is 98.9 Å². The smallest absolute Gasteiger partial charge is 0.435 e. The van der Waals surface area contributed by atoms with Gasteiger partial charge in [0.15, 0.2) is 0 Å². The number of aliphatic hydroxyl groups excluding tert-OH is 1. The number of hydrogen-bond acceptors (Lipinski definition) is 13. The van der Waals surface area contributed by atoms with Crippen molar-refractivity contribution < 1.29 is 78.7 Å². The van der Waals surface area contributed by atoms with Crippen LogP contribution in [0.4, 0.5) is 39.5 Å². The molecule has 0 amide bonds. The van der Waals surface area contributed by atoms with E-state index in [0.29, 0.717) is 70.7 Å². The average molecular weight is 1220 g/mol. The molecule has 0 radical (unpaired) electrons. The first-order chi connectivity index (χ1) is 38.8. The summed E-state index contributed by atoms with van der Waals surface area (Å²) < 4.78 is 175. The standard InChI is InChI=1S/C55H90F9N4O7PS2.CH4O/c1-41(2)68(42(3)4)76(74-33-24-65-7)75-40-43(5)15-10-11-25-66(8)26-12-29-69-35-37-77-78-38-36-70-30-13-27-67(9)28-34-71-45-17-19-46-44(39-45)16-18-48-47(46)22-23-51(6)49(48)20-21-50(51)72-31-14-32-73-52(53(56,57)58,54(59,60)61)55(62,63)64;1-2/h17,19,39,41-43,47-50H,10-16,18,20-38,40H2,1-6,8-9H3;2H,1H3/t43?,47-,48-,49+,50+,51+,76?;/m1./s1/i5D;2T. The molecule has 1 aromatic carbocycles. The Balaban J connectivity index is 0.00000575. The third-order valence-electron chi connectivity index (χ3n) is 15.3. The molecule has 80 heavy (non-hydrogen) atoms. The van der Waals surface area contributed by atoms with Crippen LogP contribution in [0.15, 0.2) is 18.2 Å². The summed E-state index contributed by atoms with van der Waals surface area (Å²) in [6.07, 6.45) is -11.1. The lowest BCUT2D eigenvalue weighted by Crippen LogP contribution is -2.67. The van der Waals surface area contributed by atoms with Crippen LogP contribution < -0.4 is 4.74 Å². The second-order valence-corrected chi connectivity index (χ2v) is 26.0. The SMILES string of the molecule is [2H]CC(CCCCN(C)CCCOCCSSCCOCCCN(C)CCOc1ccc2c(c1)CC[C@@H]1[C@@H]2CC[C@]2(C)[C@@H](OCCCOC(C(F)(F)F)(C(F)(F)F)C(F)(F)F)CC[C@@H]12)COP(OCC[N+]#[C-])N(C(C)C)C(C)C.[3H]OC. The first-order valence-corrected chi connectivity index (χ1v) is 31.9. The molecule has 1 aromatic rings. The van der Waals surface area contributed by atoms with E-state index < -0.39 is 45.7 Å². The van der Waals surface area contributed by atoms with E-state index in [0.717, 1.165) is 121 Å². The van der Waals surface area contributed by atoms with Crippen LogP contribution in [0, 0.1) is 29.7 Å². The number of alkyl halides is 9. The molecule has 0 bridgehead atoms. The second-order valence-electron chi connectivity index (χ2n) is 21.8. The quantitative estimate of drug-likeness (QED) is 0.0223. The Bertz CT molecular complexity index is 1900. The molecule has 2 fully saturated rings. The first-order valence-electron chi connectivity index (χ1n) is 29.4. The minimum atomic E-state index is -6.75. The van der Waals surface area contributed by atoms with Gasteiger partial charge >= 0.3 is 24.1 Å². The molecule has 4 rings (SSSR count). The highest BCUT2D eigenvalue weighted by Crippen LogP contribution is 2.62. The molecule has 12 nitrogen and oxygen atoms in total. The summed E-state index contributed by atoms with van der Waals surface area (Å²) >= 11 is 0. The van der Waals surface area contributed by atoms with Gasteiger partial charge in [-0.25, -0.2) is 11.2 Å². The average Bonchev–Trinajstić information content (AvgIpc) is 3.14. The number of aryl methyl sites for hydroxylation is 1. The number of benzene rings is 1. The fourth-order valence-electron chi connectivity index (χ4n) is 11.4. The predicted octanol–water partition coefficient (Wildman–Crippen LogP) is 13.9. The van der Waals surface area contributed by atoms with Crippen molar-refractivity contribution in [3.63, 3.8) is 0 Å². The highest BCUT2D eigenvalue weighted by atomic mass is 33.1. The summed E-state index contributed by atoms with van der Waals surface area (Å²) in [6, 6.07) is 6.87. The van der Waals surface area contributed by atoms with E-state index in [2.05, 4.69) is 90.0 Å². The minimum Gasteiger partial charge on any atom is -0.492 e. The molecule has 0 spiro atoms. The summed E-state index contributed by atoms with van der Waals surface area (Å²) in [5, 5.41) is 3.50. The van der Waals surface area contributed by atoms with Crippen molar-refractivity contribution in [3.8, 4) is 5.75 Å². The molecule has 3 aliphatic carbocycles. The lowest BCUT2D eigenvalue weighted by molar-refractivity contribution is -0.457. The Kier molecular flexibility index (Phi) is 31.7. The Morgan fingerprint density at radius 3 is 1.99 bits per heavy atom. The normalized spacial score (nSPS) is 21.7. The monoisotopic (exact) mass is 1220 g/mol. The highest BCUT2D eigenvalue weighted by Gasteiger charge is 2.85. The number of nitrogens with zero attached hydrogens (tertiary/aromatic N) is 4. The number of aliphatic hydroxyl groups is 1. The largest absolute Gasteiger partial charge is 0.492 e. The summed E-state index contributed by atoms with van der Waals surface area (Å²) in [5.74, 6) is 3.86. The molecule has 1 N–H and O–H groups in total. The maximum absolute atomic E-state index is 13.3. The van der Waals surface area contributed by atoms with Crippen LogP contribution in [-0.2, 0) is 34.4 Å². The molecule has 0 saturated heterocycles. The number of unbranched alkanes of at least 4 members (excludes halogenated alkanes) is 1. The van der Waals surface area contributed by atoms with Gasteiger partial charge in [-0.2, -0.15) is 39.5 Å². The zero-order valence-electron chi connectivity index (χ0n) is 50.5. The van der Waals surface area contributed by atoms with Gasteiger partial charge in [0.2, 0.25) is 7.98 Å². The molecule has 0 aromatic heterocycles. The van der Waals surface area contributed by atoms with Gasteiger partial charge in [0.25, 0.3) is 8.53 Å². The van der Waals surface area contributed by atoms with E-state index in [1.807, 2.05) is 16.9 Å². The van der Waals surface area contributed by atoms with Gasteiger partial charge in [0.05, 0.1) is 32.5 Å². The lowest BCUT2D eigenvalue weighted by Gasteiger charge is -2.50. The number of rotatable bonds is 39. The number of likely N-dealkylation sites (N-methyl/N-ethyl adjacent to an activating group) is 1. The molecular formula is C56H94F9N4O8PS2. The molecule has 2 saturated carbocycles. The third-order valence-corrected chi connectivity index (χ3v) is 19.7. The highest BCUT2D eigenvalue weighted by molar-refractivity contribution is 8.76. The van der Waals surface area contributed by atoms with E-state index >= 15 is 0 Å². The molecular weight excluding hydrogens is 1120 g/mol. The molecule has 0 heterocycles. The fraction of sp³-hybridized carbons (Fsp3) is 0.875. The maximum Gasteiger partial charge on any atom is 0.435 e. The van der Waals surface area contributed by atoms with E-state index in [4.69, 9.17) is 37.4 Å². The predicted molar refractivity (Wildman–Crippen MR) is 302 cm³/mol. The van der Waals surface area contributed by atoms with Crippen molar-refractivity contribution in [1.29, 1.82) is 1.43 Å². The van der Waals surface area contributed by atoms with Gasteiger partial charge in [-0.05, 0) is 171 Å². The van der Waals surface area contributed by atoms with Crippen molar-refractivity contribution in [1.82, 2.24) is 14.5 Å². The third kappa shape index (κ3) is 22.5. The van der Waals surface area contributed by atoms with E-state index in [1.165, 1.54) is 18.2 Å². The second kappa shape index (κ2) is 36.6. The van der Waals surface area contributed by atoms with Gasteiger partial charge in [-0.1, -0.05) is 47.9 Å². The van der Waals surface area contributed by atoms with Crippen LogP contribution >= 0.6 is 30.1 Å². The summed E-state index contributed by atoms with van der Waals surface area (Å²) in [7, 11) is 7.86. The Hall–Kier alpha value is -1.39. The van der Waals surface area contributed by atoms with Crippen LogP contribution in [0.1, 0.15) is 131 Å². The molecule has 24 heteroatoms. The van der Waals surface area contributed by atoms with E-state index in [-0.39, 0.29) is 36.1 Å². The Morgan fingerprint density at radius 1 is 0.787 bits per heavy atom. The van der Waals surface area contributed by atoms with Crippen molar-refractivity contribution in [3.05, 3.63) is 40.7 Å². The Labute approximate surface area is 484 Å². The Morgan fingerprint density at radius 2 is 1.40 bits per heavy atom. The van der Waals surface area contributed by atoms with Crippen molar-refractivity contribution in [2.75, 3.05) is 125 Å². The lowest BCUT2D eigenvalue weighted by atomic mass is 9.55. The van der Waals surface area contributed by atoms with Crippen LogP contribution in [0.25, 0.3) is 4.85 Å². The molecule has 2 unspecified atom stereocenters. The first kappa shape index (κ1) is 69.4. The van der Waals surface area contributed by atoms with Crippen LogP contribution in [0.3, 0.4) is 0 Å². The maximum atomic E-state index is 13.3. The van der Waals surface area contributed by atoms with Crippen molar-refractivity contribution in [2.45, 2.75) is 167 Å². The molecule has 466 valence electrons. The summed E-state index contributed by atoms with van der Waals surface area (Å²) in [6.45, 7) is 24.5. The number of ether oxygens (including phenoxy) is 5. The van der Waals surface area contributed by atoms with Gasteiger partial charge in [-0.15, -0.1) is 0 Å². The number of halogens is 9. The summed E-state index contributed by atoms with van der Waals surface area (Å²) in [4.78, 5) is 8.00. The zero-order valence-corrected chi connectivity index (χ0v) is 51.0. The van der Waals surface area contributed by atoms with Gasteiger partial charge in [-0.3, -0.25) is 0 Å². The minimum absolute atomic E-state index is 0.161. The van der Waals surface area contributed by atoms with Crippen molar-refractivity contribution >= 4 is 30.1 Å². The van der Waals surface area contributed by atoms with Crippen LogP contribution in [-0.4, -0.2) is 188 Å². The number of fused-ring (bicyclic) bond motifs is 5. The fourth-order valence-corrected chi connectivity index (χ4v) is 14.8. The van der Waals surface area contributed by atoms with Crippen LogP contribution in [0.5, 0.6) is 5.75 Å². The molecule has 3 aliphatic rings. The van der Waals surface area contributed by atoms with Gasteiger partial charge in [0.1, 0.15) is 19.0 Å². The van der Waals surface area contributed by atoms with Crippen LogP contribution in [0.2, 0.25) is 0 Å². The summed E-state index contributed by atoms with van der Waals surface area (Å²) in [5.41, 5.74) is -3.95. The zero-order chi connectivity index (χ0) is 61.0. The van der Waals surface area contributed by atoms with E-state index in [9.17, 15) is 39.5 Å². The van der Waals surface area contributed by atoms with Gasteiger partial charge < -0.3 is 52.5 Å². The van der Waals surface area contributed by atoms with Gasteiger partial charge in [0, 0.05) is 71.5 Å². The molecule has 7 atom stereocenters. The molecule has 0 aliphatic heterocycles. The number of hydrogen-bond donors (Lipinski definition) is 1.